The predicted molar refractivity (Wildman–Crippen MR) is 159 cm³/mol. The molecule has 16 heteroatoms. The number of hydrogen-bond acceptors (Lipinski definition) is 11. The standard InChI is InChI=1S/C28H21N4O11P/c1-2-44(41,42-17-19-9-13-21(14-10-19)23-5-3-7-25(29(33)34)27(23)31(37)38)43-18-20-11-15-22(16-12-20)24-6-4-8-26(30(35)36)28(24)32(39)40/h1,3-16,41,44H,17-18H2. The second-order valence-corrected chi connectivity index (χ2v) is 11.1. The maximum absolute atomic E-state index is 11.5. The minimum absolute atomic E-state index is 0.0561. The molecular formula is C28H21N4O11P. The Morgan fingerprint density at radius 1 is 0.614 bits per heavy atom. The van der Waals surface area contributed by atoms with Crippen molar-refractivity contribution < 1.29 is 33.6 Å². The average molecular weight is 620 g/mol. The van der Waals surface area contributed by atoms with Gasteiger partial charge in [-0.2, -0.15) is 0 Å². The van der Waals surface area contributed by atoms with Crippen LogP contribution in [0.15, 0.2) is 84.9 Å². The molecule has 0 unspecified atom stereocenters. The van der Waals surface area contributed by atoms with Crippen molar-refractivity contribution in [2.75, 3.05) is 0 Å². The minimum atomic E-state index is -4.13. The fraction of sp³-hybridized carbons (Fsp3) is 0.0714. The van der Waals surface area contributed by atoms with Gasteiger partial charge in [0.2, 0.25) is 0 Å². The molecule has 0 fully saturated rings. The Balaban J connectivity index is 1.43. The number of benzene rings is 4. The summed E-state index contributed by atoms with van der Waals surface area (Å²) in [6.07, 6.45) is 5.48. The first-order valence-corrected chi connectivity index (χ1v) is 14.2. The molecule has 0 heterocycles. The molecule has 0 aliphatic rings. The van der Waals surface area contributed by atoms with Crippen LogP contribution in [0.2, 0.25) is 0 Å². The van der Waals surface area contributed by atoms with Gasteiger partial charge in [-0.3, -0.25) is 0 Å². The first-order chi connectivity index (χ1) is 20.9. The van der Waals surface area contributed by atoms with E-state index in [9.17, 15) is 45.4 Å². The van der Waals surface area contributed by atoms with E-state index < -0.39 is 50.4 Å². The molecule has 4 aromatic rings. The summed E-state index contributed by atoms with van der Waals surface area (Å²) in [6, 6.07) is 19.8. The molecule has 0 aliphatic carbocycles. The van der Waals surface area contributed by atoms with Crippen molar-refractivity contribution in [3.63, 3.8) is 0 Å². The normalized spacial score (nSPS) is 11.4. The molecule has 0 radical (unpaired) electrons. The topological polar surface area (TPSA) is 211 Å². The SMILES string of the molecule is C#C[PH](O)(OCc1ccc(-c2cccc([N+](=O)[O-])c2[N+](=O)[O-])cc1)OCc1ccc(-c2cccc([N+](=O)[O-])c2[N+](=O)[O-])cc1. The van der Waals surface area contributed by atoms with Gasteiger partial charge in [-0.1, -0.05) is 0 Å². The van der Waals surface area contributed by atoms with Crippen LogP contribution in [-0.4, -0.2) is 24.6 Å². The molecule has 0 saturated carbocycles. The molecule has 224 valence electrons. The van der Waals surface area contributed by atoms with Gasteiger partial charge in [-0.15, -0.1) is 0 Å². The monoisotopic (exact) mass is 620 g/mol. The van der Waals surface area contributed by atoms with Crippen LogP contribution in [0.4, 0.5) is 22.7 Å². The van der Waals surface area contributed by atoms with E-state index in [4.69, 9.17) is 15.5 Å². The third-order valence-electron chi connectivity index (χ3n) is 6.37. The van der Waals surface area contributed by atoms with E-state index in [1.807, 2.05) is 0 Å². The van der Waals surface area contributed by atoms with Crippen molar-refractivity contribution in [1.29, 1.82) is 0 Å². The van der Waals surface area contributed by atoms with Gasteiger partial charge in [0, 0.05) is 0 Å². The Morgan fingerprint density at radius 2 is 0.977 bits per heavy atom. The van der Waals surface area contributed by atoms with Crippen molar-refractivity contribution in [2.45, 2.75) is 13.2 Å². The van der Waals surface area contributed by atoms with Crippen molar-refractivity contribution in [3.05, 3.63) is 137 Å². The Hall–Kier alpha value is -5.65. The number of para-hydroxylation sites is 2. The van der Waals surface area contributed by atoms with Gasteiger partial charge in [0.15, 0.2) is 0 Å². The van der Waals surface area contributed by atoms with Crippen LogP contribution in [0, 0.1) is 52.5 Å². The van der Waals surface area contributed by atoms with Crippen molar-refractivity contribution in [2.24, 2.45) is 0 Å². The van der Waals surface area contributed by atoms with Gasteiger partial charge in [-0.05, 0) is 0 Å². The maximum atomic E-state index is 11.5. The van der Waals surface area contributed by atoms with Crippen LogP contribution in [-0.2, 0) is 22.3 Å². The van der Waals surface area contributed by atoms with E-state index in [0.717, 1.165) is 12.1 Å². The van der Waals surface area contributed by atoms with E-state index in [1.165, 1.54) is 48.5 Å². The molecule has 1 N–H and O–H groups in total. The summed E-state index contributed by atoms with van der Waals surface area (Å²) in [5, 5.41) is 45.6. The summed E-state index contributed by atoms with van der Waals surface area (Å²) in [6.45, 7) is -0.362. The summed E-state index contributed by atoms with van der Waals surface area (Å²) in [4.78, 5) is 53.0. The number of nitrogens with zero attached hydrogens (tertiary/aromatic N) is 4. The van der Waals surface area contributed by atoms with Crippen molar-refractivity contribution >= 4 is 30.7 Å². The summed E-state index contributed by atoms with van der Waals surface area (Å²) >= 11 is 0. The van der Waals surface area contributed by atoms with Gasteiger partial charge in [0.1, 0.15) is 0 Å². The number of rotatable bonds is 12. The van der Waals surface area contributed by atoms with Gasteiger partial charge < -0.3 is 0 Å². The Kier molecular flexibility index (Phi) is 9.32. The molecule has 44 heavy (non-hydrogen) atoms. The van der Waals surface area contributed by atoms with E-state index >= 15 is 0 Å². The third-order valence-corrected chi connectivity index (χ3v) is 7.81. The van der Waals surface area contributed by atoms with E-state index in [-0.39, 0.29) is 24.3 Å². The average Bonchev–Trinajstić information content (AvgIpc) is 3.02. The number of nitro groups is 4. The van der Waals surface area contributed by atoms with Gasteiger partial charge in [0.25, 0.3) is 0 Å². The van der Waals surface area contributed by atoms with Crippen LogP contribution in [0.25, 0.3) is 22.3 Å². The molecule has 0 amide bonds. The fourth-order valence-electron chi connectivity index (χ4n) is 4.26. The molecule has 0 aliphatic heterocycles. The van der Waals surface area contributed by atoms with Crippen LogP contribution >= 0.6 is 7.94 Å². The molecule has 15 nitrogen and oxygen atoms in total. The number of terminal acetylenes is 1. The van der Waals surface area contributed by atoms with Crippen LogP contribution in [0.3, 0.4) is 0 Å². The van der Waals surface area contributed by atoms with E-state index in [1.54, 1.807) is 24.3 Å². The summed E-state index contributed by atoms with van der Waals surface area (Å²) in [5.41, 5.74) is 1.45. The van der Waals surface area contributed by atoms with Crippen molar-refractivity contribution in [1.82, 2.24) is 0 Å². The summed E-state index contributed by atoms with van der Waals surface area (Å²) < 4.78 is 11.0. The molecule has 0 bridgehead atoms. The summed E-state index contributed by atoms with van der Waals surface area (Å²) in [7, 11) is -4.13. The number of nitro benzene ring substituents is 4. The quantitative estimate of drug-likeness (QED) is 0.0785. The number of hydrogen-bond donors (Lipinski definition) is 1. The van der Waals surface area contributed by atoms with Gasteiger partial charge in [-0.25, -0.2) is 0 Å². The van der Waals surface area contributed by atoms with Gasteiger partial charge >= 0.3 is 248 Å². The zero-order chi connectivity index (χ0) is 32.0. The molecule has 0 aromatic heterocycles. The molecule has 0 spiro atoms. The third kappa shape index (κ3) is 6.86. The second kappa shape index (κ2) is 13.1. The Bertz CT molecular complexity index is 1680. The molecule has 0 saturated heterocycles. The Labute approximate surface area is 248 Å². The Morgan fingerprint density at radius 3 is 1.27 bits per heavy atom. The molecule has 4 aromatic carbocycles. The second-order valence-electron chi connectivity index (χ2n) is 9.07. The molecule has 4 rings (SSSR count). The molecular weight excluding hydrogens is 599 g/mol. The van der Waals surface area contributed by atoms with Crippen LogP contribution < -0.4 is 0 Å². The van der Waals surface area contributed by atoms with E-state index in [2.05, 4.69) is 5.66 Å². The first kappa shape index (κ1) is 31.3. The fourth-order valence-corrected chi connectivity index (χ4v) is 5.23. The van der Waals surface area contributed by atoms with Crippen molar-refractivity contribution in [3.8, 4) is 34.3 Å². The van der Waals surface area contributed by atoms with E-state index in [0.29, 0.717) is 22.3 Å². The van der Waals surface area contributed by atoms with Crippen LogP contribution in [0.5, 0.6) is 0 Å². The zero-order valence-electron chi connectivity index (χ0n) is 22.4. The predicted octanol–water partition coefficient (Wildman–Crippen LogP) is 6.46. The summed E-state index contributed by atoms with van der Waals surface area (Å²) in [5.74, 6) is 0. The van der Waals surface area contributed by atoms with Gasteiger partial charge in [0.05, 0.1) is 0 Å². The van der Waals surface area contributed by atoms with Crippen LogP contribution in [0.1, 0.15) is 11.1 Å². The zero-order valence-corrected chi connectivity index (χ0v) is 23.4. The molecule has 0 atom stereocenters. The first-order valence-electron chi connectivity index (χ1n) is 12.4.